The zero-order valence-corrected chi connectivity index (χ0v) is 21.8. The fourth-order valence-corrected chi connectivity index (χ4v) is 6.42. The second kappa shape index (κ2) is 9.86. The highest BCUT2D eigenvalue weighted by Crippen LogP contribution is 2.50. The van der Waals surface area contributed by atoms with Crippen molar-refractivity contribution in [1.29, 1.82) is 0 Å². The highest BCUT2D eigenvalue weighted by atomic mass is 19.1. The van der Waals surface area contributed by atoms with E-state index in [0.29, 0.717) is 0 Å². The Hall–Kier alpha value is -5.04. The lowest BCUT2D eigenvalue weighted by molar-refractivity contribution is -0.151. The summed E-state index contributed by atoms with van der Waals surface area (Å²) in [4.78, 5) is 45.0. The summed E-state index contributed by atoms with van der Waals surface area (Å²) in [6.45, 7) is 0. The van der Waals surface area contributed by atoms with Crippen LogP contribution in [0.25, 0.3) is 6.08 Å². The van der Waals surface area contributed by atoms with E-state index in [2.05, 4.69) is 0 Å². The Bertz CT molecular complexity index is 1650. The number of halogens is 1. The molecule has 0 radical (unpaired) electrons. The number of nitrogens with zero attached hydrogens (tertiary/aromatic N) is 2. The predicted molar refractivity (Wildman–Crippen MR) is 152 cm³/mol. The highest BCUT2D eigenvalue weighted by Gasteiger charge is 2.65. The van der Waals surface area contributed by atoms with Gasteiger partial charge in [0.05, 0.1) is 23.6 Å². The van der Waals surface area contributed by atoms with Gasteiger partial charge in [-0.05, 0) is 34.9 Å². The Morgan fingerprint density at radius 3 is 1.93 bits per heavy atom. The van der Waals surface area contributed by atoms with E-state index in [9.17, 15) is 18.8 Å². The molecule has 0 N–H and O–H groups in total. The summed E-state index contributed by atoms with van der Waals surface area (Å²) in [6, 6.07) is 30.4. The van der Waals surface area contributed by atoms with E-state index in [1.54, 1.807) is 6.07 Å². The van der Waals surface area contributed by atoms with E-state index in [1.165, 1.54) is 18.2 Å². The summed E-state index contributed by atoms with van der Waals surface area (Å²) in [7, 11) is 0. The molecule has 41 heavy (non-hydrogen) atoms. The van der Waals surface area contributed by atoms with E-state index < -0.39 is 53.6 Å². The first-order valence-electron chi connectivity index (χ1n) is 13.5. The Morgan fingerprint density at radius 1 is 0.707 bits per heavy atom. The maximum atomic E-state index is 14.8. The summed E-state index contributed by atoms with van der Waals surface area (Å²) in [6.07, 6.45) is 3.03. The molecule has 2 amide bonds. The van der Waals surface area contributed by atoms with E-state index in [1.807, 2.05) is 102 Å². The van der Waals surface area contributed by atoms with Crippen LogP contribution in [0.2, 0.25) is 0 Å². The normalized spacial score (nSPS) is 22.5. The van der Waals surface area contributed by atoms with Crippen LogP contribution in [0.3, 0.4) is 0 Å². The van der Waals surface area contributed by atoms with Crippen LogP contribution in [0.5, 0.6) is 0 Å². The van der Waals surface area contributed by atoms with E-state index >= 15 is 0 Å². The van der Waals surface area contributed by atoms with Crippen molar-refractivity contribution in [2.45, 2.75) is 18.2 Å². The Labute approximate surface area is 236 Å². The maximum absolute atomic E-state index is 14.8. The lowest BCUT2D eigenvalue weighted by Gasteiger charge is -2.36. The molecule has 0 unspecified atom stereocenters. The first kappa shape index (κ1) is 25.0. The number of fused-ring (bicyclic) bond motifs is 5. The summed E-state index contributed by atoms with van der Waals surface area (Å²) in [5.41, 5.74) is 3.06. The topological polar surface area (TPSA) is 66.9 Å². The van der Waals surface area contributed by atoms with Crippen molar-refractivity contribution in [3.8, 4) is 0 Å². The lowest BCUT2D eigenvalue weighted by Crippen LogP contribution is -2.49. The molecule has 4 atom stereocenters. The van der Waals surface area contributed by atoms with Crippen LogP contribution >= 0.6 is 0 Å². The molecule has 202 valence electrons. The van der Waals surface area contributed by atoms with Crippen LogP contribution in [0.4, 0.5) is 15.8 Å². The van der Waals surface area contributed by atoms with Gasteiger partial charge < -0.3 is 9.64 Å². The number of para-hydroxylation sites is 2. The molecule has 4 aromatic rings. The minimum absolute atomic E-state index is 0.109. The fraction of sp³-hybridized carbons (Fsp3) is 0.147. The van der Waals surface area contributed by atoms with Gasteiger partial charge in [0.2, 0.25) is 11.8 Å². The largest absolute Gasteiger partial charge is 0.451 e. The van der Waals surface area contributed by atoms with Gasteiger partial charge in [-0.15, -0.1) is 0 Å². The number of amides is 2. The fourth-order valence-electron chi connectivity index (χ4n) is 6.42. The standard InChI is InChI=1S/C34H25FN2O4/c35-24-16-8-10-18-26(24)37-32(38)28-27-20-19-21-11-7-9-17-25(21)36(27)30(29(28)33(37)39)34(40)41-31(22-12-3-1-4-13-22)23-14-5-2-6-15-23/h1-20,27-31H/t27-,28-,29-,30-/m1/s1. The van der Waals surface area contributed by atoms with Crippen LogP contribution < -0.4 is 9.80 Å². The Morgan fingerprint density at radius 2 is 1.27 bits per heavy atom. The molecule has 0 bridgehead atoms. The summed E-state index contributed by atoms with van der Waals surface area (Å²) < 4.78 is 21.1. The third kappa shape index (κ3) is 3.96. The molecule has 7 rings (SSSR count). The molecule has 0 aliphatic carbocycles. The molecule has 3 aliphatic heterocycles. The van der Waals surface area contributed by atoms with E-state index in [0.717, 1.165) is 27.3 Å². The van der Waals surface area contributed by atoms with Gasteiger partial charge in [0.15, 0.2) is 6.10 Å². The molecular weight excluding hydrogens is 519 g/mol. The summed E-state index contributed by atoms with van der Waals surface area (Å²) in [5.74, 6) is -4.37. The lowest BCUT2D eigenvalue weighted by atomic mass is 9.88. The molecule has 3 heterocycles. The molecule has 3 aliphatic rings. The number of hydrogen-bond donors (Lipinski definition) is 0. The SMILES string of the molecule is O=C(OC(c1ccccc1)c1ccccc1)[C@H]1[C@@H]2C(=O)N(c3ccccc3F)C(=O)[C@@H]2[C@H]2C=Cc3ccccc3N21. The van der Waals surface area contributed by atoms with Crippen LogP contribution in [-0.2, 0) is 19.1 Å². The van der Waals surface area contributed by atoms with Crippen molar-refractivity contribution in [1.82, 2.24) is 0 Å². The van der Waals surface area contributed by atoms with Gasteiger partial charge in [-0.3, -0.25) is 9.59 Å². The van der Waals surface area contributed by atoms with E-state index in [4.69, 9.17) is 4.74 Å². The van der Waals surface area contributed by atoms with Crippen molar-refractivity contribution in [2.75, 3.05) is 9.80 Å². The van der Waals surface area contributed by atoms with Crippen molar-refractivity contribution in [2.24, 2.45) is 11.8 Å². The van der Waals surface area contributed by atoms with Crippen LogP contribution in [0.15, 0.2) is 115 Å². The number of ether oxygens (including phenoxy) is 1. The third-order valence-corrected chi connectivity index (χ3v) is 8.19. The number of carbonyl (C=O) groups excluding carboxylic acids is 3. The molecule has 6 nitrogen and oxygen atoms in total. The Kier molecular flexibility index (Phi) is 6.00. The Balaban J connectivity index is 1.33. The number of rotatable bonds is 5. The number of anilines is 2. The summed E-state index contributed by atoms with van der Waals surface area (Å²) >= 11 is 0. The second-order valence-corrected chi connectivity index (χ2v) is 10.4. The van der Waals surface area contributed by atoms with Crippen LogP contribution in [-0.4, -0.2) is 29.9 Å². The average molecular weight is 545 g/mol. The van der Waals surface area contributed by atoms with Gasteiger partial charge in [0.1, 0.15) is 11.9 Å². The zero-order valence-electron chi connectivity index (χ0n) is 21.8. The first-order chi connectivity index (χ1) is 20.0. The van der Waals surface area contributed by atoms with Gasteiger partial charge in [-0.1, -0.05) is 103 Å². The summed E-state index contributed by atoms with van der Waals surface area (Å²) in [5, 5.41) is 0. The average Bonchev–Trinajstić information content (AvgIpc) is 3.49. The minimum atomic E-state index is -1.10. The van der Waals surface area contributed by atoms with E-state index in [-0.39, 0.29) is 5.69 Å². The number of imide groups is 1. The molecule has 0 spiro atoms. The zero-order chi connectivity index (χ0) is 28.1. The molecule has 0 saturated carbocycles. The van der Waals surface area contributed by atoms with Crippen molar-refractivity contribution in [3.63, 3.8) is 0 Å². The quantitative estimate of drug-likeness (QED) is 0.244. The van der Waals surface area contributed by atoms with Gasteiger partial charge in [-0.2, -0.15) is 0 Å². The third-order valence-electron chi connectivity index (χ3n) is 8.19. The number of carbonyl (C=O) groups is 3. The number of esters is 1. The molecule has 7 heteroatoms. The minimum Gasteiger partial charge on any atom is -0.451 e. The maximum Gasteiger partial charge on any atom is 0.330 e. The number of benzene rings is 4. The van der Waals surface area contributed by atoms with Crippen molar-refractivity contribution < 1.29 is 23.5 Å². The highest BCUT2D eigenvalue weighted by molar-refractivity contribution is 6.24. The van der Waals surface area contributed by atoms with Gasteiger partial charge >= 0.3 is 5.97 Å². The number of hydrogen-bond acceptors (Lipinski definition) is 5. The van der Waals surface area contributed by atoms with Gasteiger partial charge in [0, 0.05) is 5.69 Å². The second-order valence-electron chi connectivity index (χ2n) is 10.4. The first-order valence-corrected chi connectivity index (χ1v) is 13.5. The predicted octanol–water partition coefficient (Wildman–Crippen LogP) is 5.55. The smallest absolute Gasteiger partial charge is 0.330 e. The van der Waals surface area contributed by atoms with Crippen molar-refractivity contribution >= 4 is 35.2 Å². The van der Waals surface area contributed by atoms with Gasteiger partial charge in [0.25, 0.3) is 0 Å². The molecule has 2 fully saturated rings. The molecule has 2 saturated heterocycles. The van der Waals surface area contributed by atoms with Crippen LogP contribution in [0, 0.1) is 17.7 Å². The van der Waals surface area contributed by atoms with Crippen molar-refractivity contribution in [3.05, 3.63) is 138 Å². The molecule has 4 aromatic carbocycles. The molecule has 0 aromatic heterocycles. The monoisotopic (exact) mass is 544 g/mol. The van der Waals surface area contributed by atoms with Gasteiger partial charge in [-0.25, -0.2) is 14.1 Å². The van der Waals surface area contributed by atoms with Crippen LogP contribution in [0.1, 0.15) is 22.8 Å². The molecular formula is C34H25FN2O4.